The smallest absolute Gasteiger partial charge is 0.252 e. The summed E-state index contributed by atoms with van der Waals surface area (Å²) in [5.41, 5.74) is 27.4. The predicted octanol–water partition coefficient (Wildman–Crippen LogP) is 14.3. The Balaban J connectivity index is 1.34. The van der Waals surface area contributed by atoms with Gasteiger partial charge in [0.2, 0.25) is 0 Å². The van der Waals surface area contributed by atoms with Gasteiger partial charge in [-0.15, -0.1) is 0 Å². The van der Waals surface area contributed by atoms with Gasteiger partial charge in [0.1, 0.15) is 0 Å². The SMILES string of the molecule is Cc1cc2c3c(c1)N(c1cc4c(cc1C)C(C)(C)CC4(C)C)c1cc4c(cc1B3c1ccc(C(C)(C)C)cc1N2c1cc2c(cc1C)C(C)(C)CC2(C)C)C(C)(C)CCC4(C)C. The Morgan fingerprint density at radius 1 is 0.419 bits per heavy atom. The van der Waals surface area contributed by atoms with Gasteiger partial charge in [-0.3, -0.25) is 0 Å². The lowest BCUT2D eigenvalue weighted by atomic mass is 9.33. The molecule has 0 aromatic heterocycles. The molecular weight excluding hydrogens is 747 g/mol. The average Bonchev–Trinajstić information content (AvgIpc) is 3.44. The molecule has 0 atom stereocenters. The minimum atomic E-state index is 0.00112. The number of rotatable bonds is 2. The van der Waals surface area contributed by atoms with Crippen LogP contribution in [0.25, 0.3) is 0 Å². The minimum absolute atomic E-state index is 0.00112. The highest BCUT2D eigenvalue weighted by Gasteiger charge is 2.49. The third-order valence-electron chi connectivity index (χ3n) is 16.9. The summed E-state index contributed by atoms with van der Waals surface area (Å²) in [6.07, 6.45) is 4.70. The summed E-state index contributed by atoms with van der Waals surface area (Å²) < 4.78 is 0. The van der Waals surface area contributed by atoms with E-state index in [2.05, 4.69) is 201 Å². The van der Waals surface area contributed by atoms with E-state index >= 15 is 0 Å². The van der Waals surface area contributed by atoms with Gasteiger partial charge in [-0.05, 0) is 193 Å². The monoisotopic (exact) mass is 821 g/mol. The summed E-state index contributed by atoms with van der Waals surface area (Å²) in [5, 5.41) is 0. The molecule has 3 aliphatic carbocycles. The van der Waals surface area contributed by atoms with Gasteiger partial charge >= 0.3 is 0 Å². The van der Waals surface area contributed by atoms with Crippen LogP contribution in [0.5, 0.6) is 0 Å². The summed E-state index contributed by atoms with van der Waals surface area (Å²) >= 11 is 0. The summed E-state index contributed by atoms with van der Waals surface area (Å²) in [6.45, 7) is 43.9. The van der Waals surface area contributed by atoms with E-state index in [-0.39, 0.29) is 44.6 Å². The molecule has 0 unspecified atom stereocenters. The van der Waals surface area contributed by atoms with Gasteiger partial charge in [-0.2, -0.15) is 0 Å². The predicted molar refractivity (Wildman–Crippen MR) is 270 cm³/mol. The normalized spacial score (nSPS) is 21.2. The van der Waals surface area contributed by atoms with Crippen LogP contribution in [0.4, 0.5) is 34.1 Å². The van der Waals surface area contributed by atoms with E-state index in [0.717, 1.165) is 12.8 Å². The van der Waals surface area contributed by atoms with E-state index in [4.69, 9.17) is 0 Å². The van der Waals surface area contributed by atoms with Crippen molar-refractivity contribution in [2.24, 2.45) is 0 Å². The Morgan fingerprint density at radius 2 is 0.806 bits per heavy atom. The second-order valence-electron chi connectivity index (χ2n) is 25.8. The van der Waals surface area contributed by atoms with Crippen molar-refractivity contribution >= 4 is 57.2 Å². The van der Waals surface area contributed by atoms with Crippen molar-refractivity contribution < 1.29 is 0 Å². The molecule has 0 amide bonds. The standard InChI is InChI=1S/C59H73BN2/c1-34-23-50-52-51(24-34)62(47-30-43-39(26-36(47)3)57(13,14)33-59(43,17)18)49-31-41-40(54(7,8)21-22-55(41,9)10)28-45(49)60(52)44-20-19-37(53(4,5)6)27-48(44)61(50)46-29-42-38(25-35(46)2)56(11,12)32-58(42,15)16/h19-20,23-31H,21-22,32-33H2,1-18H3. The molecule has 2 nitrogen and oxygen atoms in total. The van der Waals surface area contributed by atoms with Crippen LogP contribution in [0.2, 0.25) is 0 Å². The van der Waals surface area contributed by atoms with Crippen LogP contribution in [0.3, 0.4) is 0 Å². The number of hydrogen-bond acceptors (Lipinski definition) is 2. The Labute approximate surface area is 376 Å². The highest BCUT2D eigenvalue weighted by Crippen LogP contribution is 2.56. The van der Waals surface area contributed by atoms with E-state index in [1.54, 1.807) is 0 Å². The first-order valence-corrected chi connectivity index (χ1v) is 23.9. The molecule has 10 rings (SSSR count). The fourth-order valence-corrected chi connectivity index (χ4v) is 13.9. The van der Waals surface area contributed by atoms with Crippen molar-refractivity contribution in [1.29, 1.82) is 0 Å². The number of benzene rings is 5. The molecule has 322 valence electrons. The Bertz CT molecular complexity index is 2760. The van der Waals surface area contributed by atoms with Gasteiger partial charge in [0.05, 0.1) is 0 Å². The molecule has 0 bridgehead atoms. The summed E-state index contributed by atoms with van der Waals surface area (Å²) in [4.78, 5) is 5.44. The third-order valence-corrected chi connectivity index (χ3v) is 16.9. The van der Waals surface area contributed by atoms with E-state index in [0.29, 0.717) is 0 Å². The van der Waals surface area contributed by atoms with Crippen LogP contribution in [0, 0.1) is 20.8 Å². The first-order chi connectivity index (χ1) is 28.5. The number of fused-ring (bicyclic) bond motifs is 7. The molecule has 0 N–H and O–H groups in total. The first-order valence-electron chi connectivity index (χ1n) is 23.9. The van der Waals surface area contributed by atoms with Gasteiger partial charge in [0, 0.05) is 34.1 Å². The van der Waals surface area contributed by atoms with Crippen LogP contribution in [-0.4, -0.2) is 6.71 Å². The third kappa shape index (κ3) is 5.80. The van der Waals surface area contributed by atoms with Crippen LogP contribution in [-0.2, 0) is 37.9 Å². The lowest BCUT2D eigenvalue weighted by Crippen LogP contribution is -2.62. The zero-order valence-electron chi connectivity index (χ0n) is 41.7. The van der Waals surface area contributed by atoms with Crippen molar-refractivity contribution in [3.8, 4) is 0 Å². The molecule has 3 heteroatoms. The highest BCUT2D eigenvalue weighted by molar-refractivity contribution is 7.00. The molecule has 2 aliphatic heterocycles. The van der Waals surface area contributed by atoms with Crippen LogP contribution < -0.4 is 26.2 Å². The molecule has 5 aromatic rings. The molecule has 0 fully saturated rings. The maximum atomic E-state index is 2.74. The lowest BCUT2D eigenvalue weighted by Gasteiger charge is -2.48. The maximum Gasteiger partial charge on any atom is 0.252 e. The molecule has 0 saturated heterocycles. The molecule has 5 aromatic carbocycles. The molecule has 0 saturated carbocycles. The number of aryl methyl sites for hydroxylation is 3. The molecule has 0 radical (unpaired) electrons. The summed E-state index contributed by atoms with van der Waals surface area (Å²) in [5.74, 6) is 0. The van der Waals surface area contributed by atoms with Crippen molar-refractivity contribution in [1.82, 2.24) is 0 Å². The number of hydrogen-bond donors (Lipinski definition) is 0. The van der Waals surface area contributed by atoms with Crippen LogP contribution in [0.15, 0.2) is 66.7 Å². The first kappa shape index (κ1) is 41.8. The summed E-state index contributed by atoms with van der Waals surface area (Å²) in [7, 11) is 0. The fourth-order valence-electron chi connectivity index (χ4n) is 13.9. The van der Waals surface area contributed by atoms with E-state index in [1.807, 2.05) is 0 Å². The molecule has 2 heterocycles. The molecule has 62 heavy (non-hydrogen) atoms. The zero-order valence-corrected chi connectivity index (χ0v) is 41.7. The number of nitrogens with zero attached hydrogens (tertiary/aromatic N) is 2. The van der Waals surface area contributed by atoms with E-state index in [9.17, 15) is 0 Å². The van der Waals surface area contributed by atoms with Gasteiger partial charge in [0.25, 0.3) is 6.71 Å². The topological polar surface area (TPSA) is 6.48 Å². The quantitative estimate of drug-likeness (QED) is 0.160. The molecular formula is C59H73BN2. The van der Waals surface area contributed by atoms with Crippen molar-refractivity contribution in [3.63, 3.8) is 0 Å². The van der Waals surface area contributed by atoms with E-state index in [1.165, 1.54) is 119 Å². The van der Waals surface area contributed by atoms with Crippen molar-refractivity contribution in [2.45, 2.75) is 188 Å². The summed E-state index contributed by atoms with van der Waals surface area (Å²) in [6, 6.07) is 28.3. The molecule has 0 spiro atoms. The minimum Gasteiger partial charge on any atom is -0.311 e. The largest absolute Gasteiger partial charge is 0.311 e. The van der Waals surface area contributed by atoms with Crippen molar-refractivity contribution in [3.05, 3.63) is 122 Å². The fraction of sp³-hybridized carbons (Fsp3) is 0.492. The molecule has 5 aliphatic rings. The van der Waals surface area contributed by atoms with Crippen LogP contribution in [0.1, 0.15) is 185 Å². The Hall–Kier alpha value is -4.24. The second kappa shape index (κ2) is 12.5. The van der Waals surface area contributed by atoms with E-state index < -0.39 is 0 Å². The highest BCUT2D eigenvalue weighted by atomic mass is 15.2. The van der Waals surface area contributed by atoms with Gasteiger partial charge in [-0.1, -0.05) is 134 Å². The zero-order chi connectivity index (χ0) is 44.8. The average molecular weight is 821 g/mol. The maximum absolute atomic E-state index is 2.74. The number of anilines is 6. The van der Waals surface area contributed by atoms with Gasteiger partial charge < -0.3 is 9.80 Å². The Kier molecular flexibility index (Phi) is 8.43. The Morgan fingerprint density at radius 3 is 1.26 bits per heavy atom. The van der Waals surface area contributed by atoms with Gasteiger partial charge in [0.15, 0.2) is 0 Å². The van der Waals surface area contributed by atoms with Gasteiger partial charge in [-0.25, -0.2) is 0 Å². The second-order valence-corrected chi connectivity index (χ2v) is 25.8. The lowest BCUT2D eigenvalue weighted by molar-refractivity contribution is 0.332. The van der Waals surface area contributed by atoms with Crippen molar-refractivity contribution in [2.75, 3.05) is 9.80 Å². The van der Waals surface area contributed by atoms with Crippen LogP contribution >= 0.6 is 0 Å².